The van der Waals surface area contributed by atoms with Crippen molar-refractivity contribution in [1.82, 2.24) is 15.0 Å². The summed E-state index contributed by atoms with van der Waals surface area (Å²) in [7, 11) is 0. The number of para-hydroxylation sites is 2. The van der Waals surface area contributed by atoms with E-state index in [0.29, 0.717) is 10.7 Å². The van der Waals surface area contributed by atoms with Gasteiger partial charge in [-0.1, -0.05) is 41.9 Å². The zero-order valence-corrected chi connectivity index (χ0v) is 19.2. The number of nitrogens with one attached hydrogen (secondary N) is 4. The molecule has 1 aromatic heterocycles. The lowest BCUT2D eigenvalue weighted by Gasteiger charge is -2.13. The third-order valence-electron chi connectivity index (χ3n) is 4.76. The number of benzene rings is 3. The van der Waals surface area contributed by atoms with Gasteiger partial charge in [-0.2, -0.15) is 15.0 Å². The molecule has 4 aromatic rings. The van der Waals surface area contributed by atoms with E-state index in [0.717, 1.165) is 5.56 Å². The fourth-order valence-electron chi connectivity index (χ4n) is 3.02. The lowest BCUT2D eigenvalue weighted by atomic mass is 10.2. The van der Waals surface area contributed by atoms with E-state index in [2.05, 4.69) is 36.2 Å². The van der Waals surface area contributed by atoms with Crippen molar-refractivity contribution in [2.75, 3.05) is 27.8 Å². The quantitative estimate of drug-likeness (QED) is 0.250. The molecule has 178 valence electrons. The van der Waals surface area contributed by atoms with E-state index in [-0.39, 0.29) is 41.7 Å². The van der Waals surface area contributed by atoms with Crippen LogP contribution in [0.1, 0.15) is 5.56 Å². The number of aromatic nitrogens is 3. The number of carbonyl (C=O) groups excluding carboxylic acids is 1. The Morgan fingerprint density at radius 3 is 1.91 bits per heavy atom. The molecular weight excluding hydrogens is 476 g/mol. The topological polar surface area (TPSA) is 104 Å². The summed E-state index contributed by atoms with van der Waals surface area (Å²) in [6, 6.07) is 17.1. The van der Waals surface area contributed by atoms with Crippen LogP contribution < -0.4 is 21.3 Å². The maximum Gasteiger partial charge on any atom is 0.243 e. The number of amides is 1. The first kappa shape index (κ1) is 23.8. The monoisotopic (exact) mass is 495 g/mol. The molecule has 4 N–H and O–H groups in total. The first-order valence-electron chi connectivity index (χ1n) is 10.5. The van der Waals surface area contributed by atoms with Gasteiger partial charge in [-0.15, -0.1) is 0 Å². The maximum absolute atomic E-state index is 14.1. The molecule has 35 heavy (non-hydrogen) atoms. The second kappa shape index (κ2) is 10.7. The molecule has 0 fully saturated rings. The first-order valence-corrected chi connectivity index (χ1v) is 10.8. The standard InChI is InChI=1S/C24H20ClF2N7O/c1-14-10-11-15(25)12-20(14)29-21(35)13-28-22-32-23(30-18-8-4-2-6-16(18)26)34-24(33-22)31-19-9-5-3-7-17(19)27/h2-12H,13H2,1H3,(H,29,35)(H3,28,30,31,32,33,34). The SMILES string of the molecule is Cc1ccc(Cl)cc1NC(=O)CNc1nc(Nc2ccccc2F)nc(Nc2ccccc2F)n1. The van der Waals surface area contributed by atoms with Crippen molar-refractivity contribution in [3.8, 4) is 0 Å². The van der Waals surface area contributed by atoms with Crippen molar-refractivity contribution in [1.29, 1.82) is 0 Å². The predicted octanol–water partition coefficient (Wildman–Crippen LogP) is 5.65. The van der Waals surface area contributed by atoms with Gasteiger partial charge in [-0.05, 0) is 48.9 Å². The Bertz CT molecular complexity index is 1300. The Hall–Kier alpha value is -4.31. The van der Waals surface area contributed by atoms with Crippen LogP contribution in [0.25, 0.3) is 0 Å². The lowest BCUT2D eigenvalue weighted by Crippen LogP contribution is -2.23. The molecule has 0 atom stereocenters. The van der Waals surface area contributed by atoms with Crippen molar-refractivity contribution in [2.24, 2.45) is 0 Å². The Morgan fingerprint density at radius 1 is 0.800 bits per heavy atom. The van der Waals surface area contributed by atoms with Gasteiger partial charge in [0.05, 0.1) is 17.9 Å². The van der Waals surface area contributed by atoms with E-state index in [1.807, 2.05) is 6.92 Å². The second-order valence-electron chi connectivity index (χ2n) is 7.38. The van der Waals surface area contributed by atoms with Crippen molar-refractivity contribution < 1.29 is 13.6 Å². The van der Waals surface area contributed by atoms with E-state index >= 15 is 0 Å². The van der Waals surface area contributed by atoms with Gasteiger partial charge in [-0.3, -0.25) is 4.79 Å². The minimum Gasteiger partial charge on any atom is -0.345 e. The number of hydrogen-bond donors (Lipinski definition) is 4. The number of aryl methyl sites for hydroxylation is 1. The summed E-state index contributed by atoms with van der Waals surface area (Å²) in [5, 5.41) is 11.6. The van der Waals surface area contributed by atoms with Crippen molar-refractivity contribution in [3.63, 3.8) is 0 Å². The highest BCUT2D eigenvalue weighted by molar-refractivity contribution is 6.31. The van der Waals surface area contributed by atoms with Crippen LogP contribution in [0.2, 0.25) is 5.02 Å². The van der Waals surface area contributed by atoms with Crippen LogP contribution in [-0.2, 0) is 4.79 Å². The Labute approximate surface area is 204 Å². The van der Waals surface area contributed by atoms with Crippen LogP contribution in [-0.4, -0.2) is 27.4 Å². The number of halogens is 3. The summed E-state index contributed by atoms with van der Waals surface area (Å²) < 4.78 is 28.2. The zero-order chi connectivity index (χ0) is 24.8. The van der Waals surface area contributed by atoms with Crippen LogP contribution in [0.4, 0.5) is 43.7 Å². The Balaban J connectivity index is 1.54. The fraction of sp³-hybridized carbons (Fsp3) is 0.0833. The summed E-state index contributed by atoms with van der Waals surface area (Å²) in [5.41, 5.74) is 1.69. The predicted molar refractivity (Wildman–Crippen MR) is 133 cm³/mol. The summed E-state index contributed by atoms with van der Waals surface area (Å²) in [5.74, 6) is -1.42. The minimum absolute atomic E-state index is 0.00986. The van der Waals surface area contributed by atoms with Crippen LogP contribution in [0, 0.1) is 18.6 Å². The molecule has 11 heteroatoms. The van der Waals surface area contributed by atoms with E-state index < -0.39 is 11.6 Å². The highest BCUT2D eigenvalue weighted by Crippen LogP contribution is 2.22. The highest BCUT2D eigenvalue weighted by Gasteiger charge is 2.12. The average Bonchev–Trinajstić information content (AvgIpc) is 2.83. The molecule has 0 unspecified atom stereocenters. The molecule has 1 heterocycles. The van der Waals surface area contributed by atoms with Gasteiger partial charge in [0.1, 0.15) is 11.6 Å². The fourth-order valence-corrected chi connectivity index (χ4v) is 3.19. The molecule has 0 saturated carbocycles. The summed E-state index contributed by atoms with van der Waals surface area (Å²) in [6.07, 6.45) is 0. The molecule has 4 rings (SSSR count). The van der Waals surface area contributed by atoms with Gasteiger partial charge in [0.15, 0.2) is 0 Å². The zero-order valence-electron chi connectivity index (χ0n) is 18.4. The number of nitrogens with zero attached hydrogens (tertiary/aromatic N) is 3. The third kappa shape index (κ3) is 6.39. The number of hydrogen-bond acceptors (Lipinski definition) is 7. The van der Waals surface area contributed by atoms with Gasteiger partial charge in [0.25, 0.3) is 0 Å². The lowest BCUT2D eigenvalue weighted by molar-refractivity contribution is -0.114. The second-order valence-corrected chi connectivity index (χ2v) is 7.81. The molecule has 0 radical (unpaired) electrons. The van der Waals surface area contributed by atoms with Crippen LogP contribution in [0.5, 0.6) is 0 Å². The van der Waals surface area contributed by atoms with Gasteiger partial charge < -0.3 is 21.3 Å². The third-order valence-corrected chi connectivity index (χ3v) is 4.99. The van der Waals surface area contributed by atoms with Gasteiger partial charge in [0, 0.05) is 10.7 Å². The normalized spacial score (nSPS) is 10.5. The first-order chi connectivity index (χ1) is 16.9. The average molecular weight is 496 g/mol. The van der Waals surface area contributed by atoms with Crippen LogP contribution in [0.15, 0.2) is 66.7 Å². The van der Waals surface area contributed by atoms with Crippen molar-refractivity contribution in [2.45, 2.75) is 6.92 Å². The molecule has 0 aliphatic carbocycles. The van der Waals surface area contributed by atoms with Crippen molar-refractivity contribution >= 4 is 52.4 Å². The smallest absolute Gasteiger partial charge is 0.243 e. The Morgan fingerprint density at radius 2 is 1.34 bits per heavy atom. The number of rotatable bonds is 8. The molecule has 0 aliphatic heterocycles. The van der Waals surface area contributed by atoms with E-state index in [4.69, 9.17) is 11.6 Å². The van der Waals surface area contributed by atoms with E-state index in [1.54, 1.807) is 42.5 Å². The molecule has 0 bridgehead atoms. The summed E-state index contributed by atoms with van der Waals surface area (Å²) >= 11 is 6.00. The van der Waals surface area contributed by atoms with Gasteiger partial charge in [-0.25, -0.2) is 8.78 Å². The molecule has 8 nitrogen and oxygen atoms in total. The van der Waals surface area contributed by atoms with E-state index in [9.17, 15) is 13.6 Å². The number of carbonyl (C=O) groups is 1. The van der Waals surface area contributed by atoms with Gasteiger partial charge in [0.2, 0.25) is 23.8 Å². The molecule has 0 spiro atoms. The molecule has 0 saturated heterocycles. The molecule has 1 amide bonds. The van der Waals surface area contributed by atoms with E-state index in [1.165, 1.54) is 24.3 Å². The molecule has 3 aromatic carbocycles. The van der Waals surface area contributed by atoms with Crippen LogP contribution in [0.3, 0.4) is 0 Å². The maximum atomic E-state index is 14.1. The highest BCUT2D eigenvalue weighted by atomic mass is 35.5. The van der Waals surface area contributed by atoms with Gasteiger partial charge >= 0.3 is 0 Å². The number of anilines is 6. The molecule has 0 aliphatic rings. The largest absolute Gasteiger partial charge is 0.345 e. The Kier molecular flexibility index (Phi) is 7.32. The van der Waals surface area contributed by atoms with Crippen LogP contribution >= 0.6 is 11.6 Å². The van der Waals surface area contributed by atoms with Crippen molar-refractivity contribution in [3.05, 3.63) is 89.0 Å². The molecular formula is C24H20ClF2N7O. The summed E-state index contributed by atoms with van der Waals surface area (Å²) in [6.45, 7) is 1.65. The summed E-state index contributed by atoms with van der Waals surface area (Å²) in [4.78, 5) is 25.1. The minimum atomic E-state index is -0.512.